The van der Waals surface area contributed by atoms with Crippen LogP contribution in [-0.4, -0.2) is 60.9 Å². The molecule has 1 saturated heterocycles. The third-order valence-electron chi connectivity index (χ3n) is 2.69. The molecular weight excluding hydrogens is 196 g/mol. The number of carboxylic acid groups (broad SMARTS) is 1. The highest BCUT2D eigenvalue weighted by Gasteiger charge is 2.20. The van der Waals surface area contributed by atoms with E-state index < -0.39 is 12.0 Å². The molecule has 0 aromatic rings. The van der Waals surface area contributed by atoms with Crippen LogP contribution >= 0.6 is 0 Å². The van der Waals surface area contributed by atoms with Crippen molar-refractivity contribution in [3.05, 3.63) is 0 Å². The van der Waals surface area contributed by atoms with Crippen molar-refractivity contribution in [2.75, 3.05) is 32.8 Å². The number of nitrogens with zero attached hydrogens (tertiary/aromatic N) is 1. The van der Waals surface area contributed by atoms with Gasteiger partial charge in [0.25, 0.3) is 0 Å². The molecule has 0 saturated carbocycles. The lowest BCUT2D eigenvalue weighted by molar-refractivity contribution is -0.139. The second-order valence-electron chi connectivity index (χ2n) is 3.85. The maximum absolute atomic E-state index is 10.6. The van der Waals surface area contributed by atoms with Gasteiger partial charge in [0.1, 0.15) is 6.04 Å². The second-order valence-corrected chi connectivity index (χ2v) is 3.85. The molecular formula is C10H20N2O3. The highest BCUT2D eigenvalue weighted by Crippen LogP contribution is 2.03. The molecule has 1 heterocycles. The van der Waals surface area contributed by atoms with Gasteiger partial charge in [-0.15, -0.1) is 0 Å². The third kappa shape index (κ3) is 4.15. The molecule has 0 bridgehead atoms. The van der Waals surface area contributed by atoms with Crippen molar-refractivity contribution in [3.8, 4) is 0 Å². The number of hydrogen-bond donors (Lipinski definition) is 2. The van der Waals surface area contributed by atoms with Crippen molar-refractivity contribution >= 4 is 5.97 Å². The van der Waals surface area contributed by atoms with Crippen LogP contribution in [0.15, 0.2) is 0 Å². The summed E-state index contributed by atoms with van der Waals surface area (Å²) >= 11 is 0. The van der Waals surface area contributed by atoms with Crippen molar-refractivity contribution < 1.29 is 14.6 Å². The Morgan fingerprint density at radius 1 is 1.73 bits per heavy atom. The lowest BCUT2D eigenvalue weighted by Crippen LogP contribution is -2.48. The van der Waals surface area contributed by atoms with Gasteiger partial charge >= 0.3 is 5.97 Å². The summed E-state index contributed by atoms with van der Waals surface area (Å²) in [6, 6.07) is -0.509. The zero-order valence-electron chi connectivity index (χ0n) is 9.40. The maximum Gasteiger partial charge on any atom is 0.320 e. The average Bonchev–Trinajstić information content (AvgIpc) is 2.26. The van der Waals surface area contributed by atoms with Gasteiger partial charge in [-0.3, -0.25) is 9.69 Å². The minimum absolute atomic E-state index is 0.112. The van der Waals surface area contributed by atoms with Gasteiger partial charge in [0, 0.05) is 19.6 Å². The summed E-state index contributed by atoms with van der Waals surface area (Å²) in [6.07, 6.45) is 0.112. The minimum atomic E-state index is -0.821. The molecule has 0 aliphatic carbocycles. The van der Waals surface area contributed by atoms with Crippen molar-refractivity contribution in [1.29, 1.82) is 0 Å². The van der Waals surface area contributed by atoms with E-state index in [1.54, 1.807) is 6.92 Å². The summed E-state index contributed by atoms with van der Waals surface area (Å²) < 4.78 is 5.54. The maximum atomic E-state index is 10.6. The van der Waals surface area contributed by atoms with Gasteiger partial charge < -0.3 is 15.2 Å². The van der Waals surface area contributed by atoms with Crippen LogP contribution < -0.4 is 5.32 Å². The van der Waals surface area contributed by atoms with Crippen LogP contribution in [0.1, 0.15) is 13.8 Å². The molecule has 5 heteroatoms. The predicted molar refractivity (Wildman–Crippen MR) is 57.0 cm³/mol. The lowest BCUT2D eigenvalue weighted by Gasteiger charge is -2.32. The van der Waals surface area contributed by atoms with Gasteiger partial charge in [0.05, 0.1) is 12.7 Å². The number of carboxylic acids is 1. The largest absolute Gasteiger partial charge is 0.480 e. The Labute approximate surface area is 90.4 Å². The normalized spacial score (nSPS) is 25.1. The van der Waals surface area contributed by atoms with Crippen molar-refractivity contribution in [2.45, 2.75) is 26.0 Å². The minimum Gasteiger partial charge on any atom is -0.480 e. The first kappa shape index (κ1) is 12.4. The number of morpholine rings is 1. The van der Waals surface area contributed by atoms with Gasteiger partial charge in [0.15, 0.2) is 0 Å². The molecule has 1 aliphatic heterocycles. The highest BCUT2D eigenvalue weighted by molar-refractivity contribution is 5.72. The Bertz CT molecular complexity index is 211. The van der Waals surface area contributed by atoms with E-state index in [9.17, 15) is 4.79 Å². The summed E-state index contributed by atoms with van der Waals surface area (Å²) in [5.74, 6) is -0.821. The smallest absolute Gasteiger partial charge is 0.320 e. The van der Waals surface area contributed by atoms with Crippen LogP contribution in [-0.2, 0) is 9.53 Å². The van der Waals surface area contributed by atoms with E-state index in [2.05, 4.69) is 17.1 Å². The van der Waals surface area contributed by atoms with Crippen LogP contribution in [0, 0.1) is 0 Å². The van der Waals surface area contributed by atoms with Crippen LogP contribution in [0.25, 0.3) is 0 Å². The third-order valence-corrected chi connectivity index (χ3v) is 2.69. The number of likely N-dealkylation sites (N-methyl/N-ethyl adjacent to an activating group) is 1. The molecule has 0 aromatic heterocycles. The van der Waals surface area contributed by atoms with Crippen molar-refractivity contribution in [2.24, 2.45) is 0 Å². The monoisotopic (exact) mass is 216 g/mol. The standard InChI is InChI=1S/C10H20N2O3/c1-3-12-4-5-15-9(7-12)6-11-8(2)10(13)14/h8-9,11H,3-7H2,1-2H3,(H,13,14)/t8-,9?/m0/s1. The van der Waals surface area contributed by atoms with Crippen LogP contribution in [0.4, 0.5) is 0 Å². The molecule has 1 aliphatic rings. The molecule has 0 amide bonds. The summed E-state index contributed by atoms with van der Waals surface area (Å²) in [4.78, 5) is 12.9. The number of aliphatic carboxylic acids is 1. The molecule has 88 valence electrons. The quantitative estimate of drug-likeness (QED) is 0.664. The molecule has 0 spiro atoms. The summed E-state index contributed by atoms with van der Waals surface area (Å²) in [5.41, 5.74) is 0. The van der Waals surface area contributed by atoms with E-state index >= 15 is 0 Å². The van der Waals surface area contributed by atoms with E-state index in [0.29, 0.717) is 6.54 Å². The van der Waals surface area contributed by atoms with Gasteiger partial charge in [-0.2, -0.15) is 0 Å². The second kappa shape index (κ2) is 6.05. The molecule has 0 radical (unpaired) electrons. The van der Waals surface area contributed by atoms with Crippen LogP contribution in [0.5, 0.6) is 0 Å². The Morgan fingerprint density at radius 3 is 3.07 bits per heavy atom. The predicted octanol–water partition coefficient (Wildman–Crippen LogP) is -0.230. The zero-order chi connectivity index (χ0) is 11.3. The highest BCUT2D eigenvalue weighted by atomic mass is 16.5. The Kier molecular flexibility index (Phi) is 5.01. The fourth-order valence-corrected chi connectivity index (χ4v) is 1.59. The van der Waals surface area contributed by atoms with Gasteiger partial charge in [-0.25, -0.2) is 0 Å². The van der Waals surface area contributed by atoms with Crippen molar-refractivity contribution in [1.82, 2.24) is 10.2 Å². The Balaban J connectivity index is 2.23. The van der Waals surface area contributed by atoms with Crippen LogP contribution in [0.2, 0.25) is 0 Å². The van der Waals surface area contributed by atoms with E-state index in [1.165, 1.54) is 0 Å². The Hall–Kier alpha value is -0.650. The number of carbonyl (C=O) groups is 1. The molecule has 2 atom stereocenters. The zero-order valence-corrected chi connectivity index (χ0v) is 9.40. The molecule has 1 unspecified atom stereocenters. The molecule has 15 heavy (non-hydrogen) atoms. The topological polar surface area (TPSA) is 61.8 Å². The SMILES string of the molecule is CCN1CCOC(CN[C@@H](C)C(=O)O)C1. The molecule has 1 fully saturated rings. The molecule has 5 nitrogen and oxygen atoms in total. The first-order valence-corrected chi connectivity index (χ1v) is 5.43. The summed E-state index contributed by atoms with van der Waals surface area (Å²) in [6.45, 7) is 7.98. The average molecular weight is 216 g/mol. The van der Waals surface area contributed by atoms with Crippen LogP contribution in [0.3, 0.4) is 0 Å². The van der Waals surface area contributed by atoms with Crippen molar-refractivity contribution in [3.63, 3.8) is 0 Å². The number of ether oxygens (including phenoxy) is 1. The Morgan fingerprint density at radius 2 is 2.47 bits per heavy atom. The lowest BCUT2D eigenvalue weighted by atomic mass is 10.2. The van der Waals surface area contributed by atoms with E-state index in [1.807, 2.05) is 0 Å². The van der Waals surface area contributed by atoms with Gasteiger partial charge in [0.2, 0.25) is 0 Å². The summed E-state index contributed by atoms with van der Waals surface area (Å²) in [7, 11) is 0. The fraction of sp³-hybridized carbons (Fsp3) is 0.900. The van der Waals surface area contributed by atoms with E-state index in [-0.39, 0.29) is 6.10 Å². The number of nitrogens with one attached hydrogen (secondary N) is 1. The van der Waals surface area contributed by atoms with E-state index in [4.69, 9.17) is 9.84 Å². The first-order chi connectivity index (χ1) is 7.13. The number of hydrogen-bond acceptors (Lipinski definition) is 4. The van der Waals surface area contributed by atoms with Gasteiger partial charge in [-0.05, 0) is 13.5 Å². The molecule has 0 aromatic carbocycles. The van der Waals surface area contributed by atoms with E-state index in [0.717, 1.165) is 26.2 Å². The summed E-state index contributed by atoms with van der Waals surface area (Å²) in [5, 5.41) is 11.6. The molecule has 2 N–H and O–H groups in total. The van der Waals surface area contributed by atoms with Gasteiger partial charge in [-0.1, -0.05) is 6.92 Å². The number of rotatable bonds is 5. The fourth-order valence-electron chi connectivity index (χ4n) is 1.59. The first-order valence-electron chi connectivity index (χ1n) is 5.43. The molecule has 1 rings (SSSR count).